The first-order valence-corrected chi connectivity index (χ1v) is 8.04. The quantitative estimate of drug-likeness (QED) is 0.772. The summed E-state index contributed by atoms with van der Waals surface area (Å²) in [5, 5.41) is 1.14. The van der Waals surface area contributed by atoms with Crippen LogP contribution in [0.15, 0.2) is 23.1 Å². The van der Waals surface area contributed by atoms with Gasteiger partial charge in [0.1, 0.15) is 0 Å². The minimum absolute atomic E-state index is 0.0101. The highest BCUT2D eigenvalue weighted by Gasteiger charge is 2.25. The van der Waals surface area contributed by atoms with Crippen LogP contribution in [0.5, 0.6) is 0 Å². The largest absolute Gasteiger partial charge is 0.278 e. The number of nitrogens with zero attached hydrogens (tertiary/aromatic N) is 2. The summed E-state index contributed by atoms with van der Waals surface area (Å²) >= 11 is 5.97. The zero-order valence-electron chi connectivity index (χ0n) is 12.6. The van der Waals surface area contributed by atoms with Gasteiger partial charge in [-0.1, -0.05) is 11.6 Å². The smallest absolute Gasteiger partial charge is 0.274 e. The third-order valence-corrected chi connectivity index (χ3v) is 5.49. The van der Waals surface area contributed by atoms with E-state index in [4.69, 9.17) is 16.4 Å². The van der Waals surface area contributed by atoms with E-state index in [0.717, 1.165) is 5.06 Å². The first kappa shape index (κ1) is 17.9. The van der Waals surface area contributed by atoms with Gasteiger partial charge in [-0.05, 0) is 32.0 Å². The Balaban J connectivity index is 3.34. The molecule has 1 aromatic carbocycles. The molecule has 0 fully saturated rings. The number of carbonyl (C=O) groups is 1. The molecular weight excluding hydrogens is 316 g/mol. The van der Waals surface area contributed by atoms with Crippen molar-refractivity contribution in [1.29, 1.82) is 0 Å². The average molecular weight is 335 g/mol. The van der Waals surface area contributed by atoms with Crippen molar-refractivity contribution in [1.82, 2.24) is 9.37 Å². The Kier molecular flexibility index (Phi) is 5.75. The predicted molar refractivity (Wildman–Crippen MR) is 80.6 cm³/mol. The van der Waals surface area contributed by atoms with Crippen LogP contribution in [0.2, 0.25) is 5.02 Å². The van der Waals surface area contributed by atoms with E-state index in [1.807, 2.05) is 0 Å². The standard InChI is InChI=1S/C13H19ClN2O4S/c1-9(2)16(4)21(18,19)10-6-7-12(14)11(8-10)13(17)15(3)20-5/h6-9H,1-5H3. The number of benzene rings is 1. The molecule has 0 aliphatic heterocycles. The van der Waals surface area contributed by atoms with Crippen molar-refractivity contribution in [2.45, 2.75) is 24.8 Å². The lowest BCUT2D eigenvalue weighted by Crippen LogP contribution is -2.33. The summed E-state index contributed by atoms with van der Waals surface area (Å²) < 4.78 is 26.1. The topological polar surface area (TPSA) is 66.9 Å². The molecule has 1 rings (SSSR count). The second-order valence-corrected chi connectivity index (χ2v) is 7.15. The third kappa shape index (κ3) is 3.74. The molecule has 0 saturated carbocycles. The van der Waals surface area contributed by atoms with Crippen molar-refractivity contribution in [3.05, 3.63) is 28.8 Å². The lowest BCUT2D eigenvalue weighted by atomic mass is 10.2. The van der Waals surface area contributed by atoms with E-state index >= 15 is 0 Å². The van der Waals surface area contributed by atoms with E-state index in [-0.39, 0.29) is 21.5 Å². The molecular formula is C13H19ClN2O4S. The van der Waals surface area contributed by atoms with Crippen LogP contribution in [0.3, 0.4) is 0 Å². The second-order valence-electron chi connectivity index (χ2n) is 4.74. The van der Waals surface area contributed by atoms with Gasteiger partial charge in [0, 0.05) is 20.1 Å². The zero-order chi connectivity index (χ0) is 16.4. The van der Waals surface area contributed by atoms with Crippen LogP contribution in [-0.4, -0.2) is 50.9 Å². The first-order valence-electron chi connectivity index (χ1n) is 6.22. The van der Waals surface area contributed by atoms with Gasteiger partial charge in [0.15, 0.2) is 0 Å². The fourth-order valence-corrected chi connectivity index (χ4v) is 3.12. The van der Waals surface area contributed by atoms with Gasteiger partial charge in [0.25, 0.3) is 5.91 Å². The van der Waals surface area contributed by atoms with Crippen LogP contribution in [0.4, 0.5) is 0 Å². The van der Waals surface area contributed by atoms with E-state index in [9.17, 15) is 13.2 Å². The van der Waals surface area contributed by atoms with E-state index < -0.39 is 15.9 Å². The Labute approximate surface area is 130 Å². The number of hydrogen-bond acceptors (Lipinski definition) is 4. The molecule has 21 heavy (non-hydrogen) atoms. The van der Waals surface area contributed by atoms with E-state index in [0.29, 0.717) is 0 Å². The maximum Gasteiger partial charge on any atom is 0.278 e. The maximum atomic E-state index is 12.4. The minimum atomic E-state index is -3.68. The molecule has 0 unspecified atom stereocenters. The molecule has 118 valence electrons. The van der Waals surface area contributed by atoms with Gasteiger partial charge >= 0.3 is 0 Å². The fraction of sp³-hybridized carbons (Fsp3) is 0.462. The highest BCUT2D eigenvalue weighted by atomic mass is 35.5. The number of halogens is 1. The van der Waals surface area contributed by atoms with Crippen molar-refractivity contribution in [2.75, 3.05) is 21.2 Å². The molecule has 0 aliphatic rings. The fourth-order valence-electron chi connectivity index (χ4n) is 1.53. The molecule has 8 heteroatoms. The van der Waals surface area contributed by atoms with Gasteiger partial charge in [-0.2, -0.15) is 4.31 Å². The molecule has 0 aliphatic carbocycles. The summed E-state index contributed by atoms with van der Waals surface area (Å²) in [6.45, 7) is 3.52. The van der Waals surface area contributed by atoms with Crippen molar-refractivity contribution < 1.29 is 18.0 Å². The summed E-state index contributed by atoms with van der Waals surface area (Å²) in [7, 11) is 0.552. The van der Waals surface area contributed by atoms with Gasteiger partial charge in [0.2, 0.25) is 10.0 Å². The number of rotatable bonds is 5. The van der Waals surface area contributed by atoms with Crippen LogP contribution < -0.4 is 0 Å². The Bertz CT molecular complexity index is 631. The summed E-state index contributed by atoms with van der Waals surface area (Å²) in [6.07, 6.45) is 0. The van der Waals surface area contributed by atoms with Crippen LogP contribution in [0.25, 0.3) is 0 Å². The van der Waals surface area contributed by atoms with Gasteiger partial charge < -0.3 is 0 Å². The highest BCUT2D eigenvalue weighted by molar-refractivity contribution is 7.89. The maximum absolute atomic E-state index is 12.4. The molecule has 1 aromatic rings. The molecule has 0 radical (unpaired) electrons. The number of hydrogen-bond donors (Lipinski definition) is 0. The molecule has 0 N–H and O–H groups in total. The number of amides is 1. The Hall–Kier alpha value is -1.15. The van der Waals surface area contributed by atoms with Gasteiger partial charge in [-0.25, -0.2) is 13.5 Å². The van der Waals surface area contributed by atoms with Gasteiger partial charge in [0.05, 0.1) is 22.6 Å². The molecule has 0 spiro atoms. The number of carbonyl (C=O) groups excluding carboxylic acids is 1. The molecule has 0 bridgehead atoms. The van der Waals surface area contributed by atoms with Crippen LogP contribution >= 0.6 is 11.6 Å². The number of hydroxylamine groups is 2. The second kappa shape index (κ2) is 6.74. The van der Waals surface area contributed by atoms with Crippen LogP contribution in [0, 0.1) is 0 Å². The first-order chi connectivity index (χ1) is 9.62. The lowest BCUT2D eigenvalue weighted by molar-refractivity contribution is -0.0757. The monoisotopic (exact) mass is 334 g/mol. The number of sulfonamides is 1. The van der Waals surface area contributed by atoms with Crippen molar-refractivity contribution in [3.8, 4) is 0 Å². The summed E-state index contributed by atoms with van der Waals surface area (Å²) in [5.41, 5.74) is 0.0687. The van der Waals surface area contributed by atoms with E-state index in [1.165, 1.54) is 43.7 Å². The van der Waals surface area contributed by atoms with Crippen molar-refractivity contribution >= 4 is 27.5 Å². The summed E-state index contributed by atoms with van der Waals surface area (Å²) in [6, 6.07) is 3.82. The van der Waals surface area contributed by atoms with Gasteiger partial charge in [-0.3, -0.25) is 9.63 Å². The SMILES string of the molecule is CON(C)C(=O)c1cc(S(=O)(=O)N(C)C(C)C)ccc1Cl. The summed E-state index contributed by atoms with van der Waals surface area (Å²) in [5.74, 6) is -0.522. The van der Waals surface area contributed by atoms with E-state index in [2.05, 4.69) is 0 Å². The predicted octanol–water partition coefficient (Wildman–Crippen LogP) is 2.00. The zero-order valence-corrected chi connectivity index (χ0v) is 14.2. The molecule has 1 amide bonds. The van der Waals surface area contributed by atoms with Crippen molar-refractivity contribution in [3.63, 3.8) is 0 Å². The summed E-state index contributed by atoms with van der Waals surface area (Å²) in [4.78, 5) is 16.9. The molecule has 0 saturated heterocycles. The average Bonchev–Trinajstić information content (AvgIpc) is 2.44. The molecule has 6 nitrogen and oxygen atoms in total. The van der Waals surface area contributed by atoms with Crippen molar-refractivity contribution in [2.24, 2.45) is 0 Å². The third-order valence-electron chi connectivity index (χ3n) is 3.13. The van der Waals surface area contributed by atoms with Gasteiger partial charge in [-0.15, -0.1) is 0 Å². The Morgan fingerprint density at radius 3 is 2.33 bits per heavy atom. The molecule has 0 atom stereocenters. The minimum Gasteiger partial charge on any atom is -0.274 e. The molecule has 0 aromatic heterocycles. The highest BCUT2D eigenvalue weighted by Crippen LogP contribution is 2.24. The lowest BCUT2D eigenvalue weighted by Gasteiger charge is -2.21. The van der Waals surface area contributed by atoms with Crippen LogP contribution in [0.1, 0.15) is 24.2 Å². The van der Waals surface area contributed by atoms with Crippen LogP contribution in [-0.2, 0) is 14.9 Å². The normalized spacial score (nSPS) is 12.0. The van der Waals surface area contributed by atoms with E-state index in [1.54, 1.807) is 13.8 Å². The molecule has 0 heterocycles. The Morgan fingerprint density at radius 2 is 1.86 bits per heavy atom. The Morgan fingerprint density at radius 1 is 1.29 bits per heavy atom.